The van der Waals surface area contributed by atoms with Gasteiger partial charge in [0.25, 0.3) is 11.8 Å². The molecule has 6 heterocycles. The Labute approximate surface area is 406 Å². The zero-order valence-corrected chi connectivity index (χ0v) is 41.0. The molecule has 0 bridgehead atoms. The lowest BCUT2D eigenvalue weighted by Crippen LogP contribution is -2.54. The van der Waals surface area contributed by atoms with E-state index < -0.39 is 36.8 Å². The second-order valence-electron chi connectivity index (χ2n) is 17.2. The number of nitrogens with one attached hydrogen (secondary N) is 4. The Morgan fingerprint density at radius 2 is 1.71 bits per heavy atom. The van der Waals surface area contributed by atoms with E-state index in [1.165, 1.54) is 0 Å². The van der Waals surface area contributed by atoms with Crippen LogP contribution in [-0.2, 0) is 25.9 Å². The van der Waals surface area contributed by atoms with E-state index in [9.17, 15) is 23.7 Å². The van der Waals surface area contributed by atoms with Crippen molar-refractivity contribution >= 4 is 97.6 Å². The van der Waals surface area contributed by atoms with Crippen LogP contribution in [0, 0.1) is 0 Å². The van der Waals surface area contributed by atoms with E-state index in [2.05, 4.69) is 67.0 Å². The molecular formula is C47H51BrN13O7P. The molecule has 0 spiro atoms. The van der Waals surface area contributed by atoms with Crippen LogP contribution in [0.3, 0.4) is 0 Å². The molecular weight excluding hydrogens is 969 g/mol. The maximum absolute atomic E-state index is 13.6. The molecule has 0 aliphatic carbocycles. The molecule has 1 atom stereocenters. The highest BCUT2D eigenvalue weighted by molar-refractivity contribution is 9.10. The molecule has 3 aliphatic heterocycles. The fraction of sp³-hybridized carbons (Fsp3) is 0.340. The predicted octanol–water partition coefficient (Wildman–Crippen LogP) is 5.37. The van der Waals surface area contributed by atoms with Crippen LogP contribution in [0.1, 0.15) is 40.0 Å². The first kappa shape index (κ1) is 47.3. The average Bonchev–Trinajstić information content (AvgIpc) is 3.88. The number of aromatic nitrogens is 6. The van der Waals surface area contributed by atoms with Crippen molar-refractivity contribution in [2.45, 2.75) is 25.3 Å². The Bertz CT molecular complexity index is 3030. The number of methoxy groups -OCH3 is 1. The van der Waals surface area contributed by atoms with Crippen LogP contribution in [0.5, 0.6) is 5.75 Å². The summed E-state index contributed by atoms with van der Waals surface area (Å²) in [5.41, 5.74) is 6.34. The quantitative estimate of drug-likeness (QED) is 0.0511. The van der Waals surface area contributed by atoms with Gasteiger partial charge in [0, 0.05) is 113 Å². The molecule has 0 saturated carbocycles. The highest BCUT2D eigenvalue weighted by Gasteiger charge is 2.45. The van der Waals surface area contributed by atoms with E-state index >= 15 is 0 Å². The van der Waals surface area contributed by atoms with Crippen LogP contribution in [0.2, 0.25) is 0 Å². The standard InChI is InChI=1S/C47H51BrN13O7P/c1-58-27-28(25-53-58)30-23-35(55-47-52-26-31(48)43(57-47)54-34-10-9-33-41(51-14-13-49-33)42(34)69(3,4)66)38(67-2)24-37(30)60-19-17-59(18-20-60)16-6-21-68-22-15-50-32-8-5-7-29-40(32)46(65)61(45(29)64)36-11-12-39(62)56-44(36)63/h5,7-10,13-14,23-27,36,50H,6,11-12,15-22H2,1-4H3,(H,56,62,63)(H2,52,54,55,57). The Morgan fingerprint density at radius 1 is 0.899 bits per heavy atom. The summed E-state index contributed by atoms with van der Waals surface area (Å²) in [6, 6.07) is 11.7. The summed E-state index contributed by atoms with van der Waals surface area (Å²) in [5, 5.41) is 17.3. The van der Waals surface area contributed by atoms with Crippen molar-refractivity contribution in [1.82, 2.24) is 44.8 Å². The first-order chi connectivity index (χ1) is 33.3. The van der Waals surface area contributed by atoms with E-state index in [0.717, 1.165) is 60.9 Å². The highest BCUT2D eigenvalue weighted by Crippen LogP contribution is 2.43. The Hall–Kier alpha value is -6.80. The number of aryl methyl sites for hydroxylation is 1. The molecule has 2 saturated heterocycles. The number of benzene rings is 3. The van der Waals surface area contributed by atoms with Gasteiger partial charge in [-0.2, -0.15) is 10.1 Å². The summed E-state index contributed by atoms with van der Waals surface area (Å²) < 4.78 is 27.9. The molecule has 3 aromatic carbocycles. The molecule has 3 aliphatic rings. The SMILES string of the molecule is COc1cc(N2CCN(CCCOCCNc3cccc4c3C(=O)N(C3CCC(=O)NC3=O)C4=O)CC2)c(-c2cnn(C)c2)cc1Nc1ncc(Br)c(Nc2ccc3nccnc3c2P(C)(C)=O)n1. The fourth-order valence-corrected chi connectivity index (χ4v) is 10.6. The number of imide groups is 2. The third-order valence-electron chi connectivity index (χ3n) is 12.2. The molecule has 9 rings (SSSR count). The topological polar surface area (TPSA) is 231 Å². The number of fused-ring (bicyclic) bond motifs is 2. The number of carbonyl (C=O) groups excluding carboxylic acids is 4. The van der Waals surface area contributed by atoms with Gasteiger partial charge in [-0.25, -0.2) is 4.98 Å². The summed E-state index contributed by atoms with van der Waals surface area (Å²) in [4.78, 5) is 74.8. The van der Waals surface area contributed by atoms with Crippen molar-refractivity contribution in [3.63, 3.8) is 0 Å². The van der Waals surface area contributed by atoms with Crippen molar-refractivity contribution in [3.8, 4) is 16.9 Å². The van der Waals surface area contributed by atoms with Gasteiger partial charge >= 0.3 is 0 Å². The van der Waals surface area contributed by atoms with Gasteiger partial charge in [-0.3, -0.25) is 48.9 Å². The third-order valence-corrected chi connectivity index (χ3v) is 14.3. The van der Waals surface area contributed by atoms with Crippen LogP contribution >= 0.6 is 23.1 Å². The maximum atomic E-state index is 13.6. The number of piperidine rings is 1. The first-order valence-electron chi connectivity index (χ1n) is 22.5. The minimum absolute atomic E-state index is 0.0605. The van der Waals surface area contributed by atoms with E-state index in [0.29, 0.717) is 75.1 Å². The normalized spacial score (nSPS) is 16.5. The molecule has 20 nitrogen and oxygen atoms in total. The van der Waals surface area contributed by atoms with Crippen LogP contribution < -0.4 is 36.2 Å². The van der Waals surface area contributed by atoms with Gasteiger partial charge < -0.3 is 34.9 Å². The summed E-state index contributed by atoms with van der Waals surface area (Å²) in [5.74, 6) is -0.780. The van der Waals surface area contributed by atoms with Gasteiger partial charge in [0.2, 0.25) is 17.8 Å². The van der Waals surface area contributed by atoms with E-state index in [1.807, 2.05) is 43.7 Å². The molecule has 4 N–H and O–H groups in total. The number of amides is 4. The molecule has 0 radical (unpaired) electrons. The summed E-state index contributed by atoms with van der Waals surface area (Å²) in [7, 11) is 0.702. The van der Waals surface area contributed by atoms with E-state index in [-0.39, 0.29) is 24.0 Å². The molecule has 3 aromatic heterocycles. The molecule has 2 fully saturated rings. The molecule has 4 amide bonds. The average molecular weight is 1020 g/mol. The van der Waals surface area contributed by atoms with Crippen LogP contribution in [0.4, 0.5) is 34.5 Å². The zero-order chi connectivity index (χ0) is 48.4. The number of anilines is 6. The number of hydrogen-bond acceptors (Lipinski definition) is 17. The Balaban J connectivity index is 0.805. The number of carbonyl (C=O) groups is 4. The van der Waals surface area contributed by atoms with Crippen molar-refractivity contribution in [2.24, 2.45) is 7.05 Å². The number of ether oxygens (including phenoxy) is 2. The van der Waals surface area contributed by atoms with Crippen LogP contribution in [0.15, 0.2) is 77.9 Å². The Morgan fingerprint density at radius 3 is 2.46 bits per heavy atom. The zero-order valence-electron chi connectivity index (χ0n) is 38.5. The summed E-state index contributed by atoms with van der Waals surface area (Å²) in [6.45, 7) is 8.88. The number of hydrogen-bond donors (Lipinski definition) is 4. The molecule has 358 valence electrons. The third kappa shape index (κ3) is 10.0. The minimum Gasteiger partial charge on any atom is -0.494 e. The fourth-order valence-electron chi connectivity index (χ4n) is 8.94. The molecule has 1 unspecified atom stereocenters. The monoisotopic (exact) mass is 1020 g/mol. The number of piperazine rings is 1. The van der Waals surface area contributed by atoms with Gasteiger partial charge in [-0.15, -0.1) is 0 Å². The van der Waals surface area contributed by atoms with Crippen LogP contribution in [-0.4, -0.2) is 142 Å². The number of nitrogens with zero attached hydrogens (tertiary/aromatic N) is 9. The van der Waals surface area contributed by atoms with Gasteiger partial charge in [-0.1, -0.05) is 6.07 Å². The van der Waals surface area contributed by atoms with E-state index in [1.54, 1.807) is 61.9 Å². The lowest BCUT2D eigenvalue weighted by Gasteiger charge is -2.37. The van der Waals surface area contributed by atoms with Crippen LogP contribution in [0.25, 0.3) is 22.2 Å². The largest absolute Gasteiger partial charge is 0.494 e. The first-order valence-corrected chi connectivity index (χ1v) is 25.9. The van der Waals surface area contributed by atoms with Gasteiger partial charge in [-0.05, 0) is 72.4 Å². The summed E-state index contributed by atoms with van der Waals surface area (Å²) in [6.07, 6.45) is 9.66. The maximum Gasteiger partial charge on any atom is 0.264 e. The van der Waals surface area contributed by atoms with Crippen molar-refractivity contribution < 1.29 is 33.2 Å². The van der Waals surface area contributed by atoms with Gasteiger partial charge in [0.1, 0.15) is 30.3 Å². The van der Waals surface area contributed by atoms with Crippen molar-refractivity contribution in [3.05, 3.63) is 89.0 Å². The minimum atomic E-state index is -2.82. The summed E-state index contributed by atoms with van der Waals surface area (Å²) >= 11 is 3.59. The smallest absolute Gasteiger partial charge is 0.264 e. The number of halogens is 1. The Kier molecular flexibility index (Phi) is 13.7. The van der Waals surface area contributed by atoms with Crippen molar-refractivity contribution in [2.75, 3.05) is 93.8 Å². The van der Waals surface area contributed by atoms with E-state index in [4.69, 9.17) is 14.5 Å². The van der Waals surface area contributed by atoms with Gasteiger partial charge in [0.05, 0.1) is 57.7 Å². The predicted molar refractivity (Wildman–Crippen MR) is 266 cm³/mol. The molecule has 22 heteroatoms. The second kappa shape index (κ2) is 20.0. The highest BCUT2D eigenvalue weighted by atomic mass is 79.9. The lowest BCUT2D eigenvalue weighted by molar-refractivity contribution is -0.136. The molecule has 6 aromatic rings. The lowest BCUT2D eigenvalue weighted by atomic mass is 10.0. The number of rotatable bonds is 17. The van der Waals surface area contributed by atoms with Crippen molar-refractivity contribution in [1.29, 1.82) is 0 Å². The molecule has 69 heavy (non-hydrogen) atoms. The second-order valence-corrected chi connectivity index (χ2v) is 21.2. The van der Waals surface area contributed by atoms with Gasteiger partial charge in [0.15, 0.2) is 0 Å².